The number of aliphatic hydroxyl groups is 2. The first kappa shape index (κ1) is 14.0. The maximum atomic E-state index is 10.0. The minimum atomic E-state index is -0.596. The van der Waals surface area contributed by atoms with E-state index in [2.05, 4.69) is 6.92 Å². The molecule has 0 fully saturated rings. The largest absolute Gasteiger partial charge is 0.508 e. The fourth-order valence-electron chi connectivity index (χ4n) is 2.00. The van der Waals surface area contributed by atoms with Crippen molar-refractivity contribution < 1.29 is 15.3 Å². The third-order valence-electron chi connectivity index (χ3n) is 3.04. The molecule has 0 amide bonds. The third kappa shape index (κ3) is 4.02. The van der Waals surface area contributed by atoms with Crippen LogP contribution in [0.3, 0.4) is 0 Å². The fraction of sp³-hybridized carbons (Fsp3) is 0.571. The first-order valence-corrected chi connectivity index (χ1v) is 6.30. The smallest absolute Gasteiger partial charge is 0.121 e. The van der Waals surface area contributed by atoms with Crippen LogP contribution in [0.2, 0.25) is 0 Å². The Balaban J connectivity index is 2.61. The second-order valence-corrected chi connectivity index (χ2v) is 4.37. The van der Waals surface area contributed by atoms with Gasteiger partial charge in [-0.3, -0.25) is 0 Å². The average molecular weight is 238 g/mol. The van der Waals surface area contributed by atoms with Crippen LogP contribution in [0.1, 0.15) is 56.3 Å². The van der Waals surface area contributed by atoms with Crippen LogP contribution in [0, 0.1) is 0 Å². The molecule has 0 aliphatic rings. The van der Waals surface area contributed by atoms with Crippen molar-refractivity contribution in [3.05, 3.63) is 29.3 Å². The van der Waals surface area contributed by atoms with Gasteiger partial charge in [-0.25, -0.2) is 0 Å². The van der Waals surface area contributed by atoms with Crippen LogP contribution in [0.4, 0.5) is 0 Å². The summed E-state index contributed by atoms with van der Waals surface area (Å²) in [5.41, 5.74) is 1.08. The van der Waals surface area contributed by atoms with E-state index < -0.39 is 6.10 Å². The number of phenols is 1. The maximum Gasteiger partial charge on any atom is 0.121 e. The molecule has 0 aliphatic heterocycles. The van der Waals surface area contributed by atoms with Crippen LogP contribution < -0.4 is 0 Å². The Morgan fingerprint density at radius 1 is 1.18 bits per heavy atom. The van der Waals surface area contributed by atoms with Crippen molar-refractivity contribution in [2.45, 2.75) is 51.7 Å². The van der Waals surface area contributed by atoms with Crippen LogP contribution in [0.25, 0.3) is 0 Å². The van der Waals surface area contributed by atoms with Gasteiger partial charge < -0.3 is 15.3 Å². The number of rotatable bonds is 7. The molecule has 0 spiro atoms. The monoisotopic (exact) mass is 238 g/mol. The zero-order valence-corrected chi connectivity index (χ0v) is 10.4. The highest BCUT2D eigenvalue weighted by atomic mass is 16.3. The lowest BCUT2D eigenvalue weighted by Crippen LogP contribution is -2.02. The Labute approximate surface area is 103 Å². The lowest BCUT2D eigenvalue weighted by molar-refractivity contribution is 0.158. The summed E-state index contributed by atoms with van der Waals surface area (Å²) in [6, 6.07) is 4.98. The van der Waals surface area contributed by atoms with Crippen molar-refractivity contribution in [1.82, 2.24) is 0 Å². The Kier molecular flexibility index (Phi) is 6.01. The molecule has 1 aromatic rings. The van der Waals surface area contributed by atoms with E-state index in [1.807, 2.05) is 0 Å². The number of hydrogen-bond acceptors (Lipinski definition) is 3. The van der Waals surface area contributed by atoms with Crippen molar-refractivity contribution in [2.24, 2.45) is 0 Å². The number of unbranched alkanes of at least 4 members (excludes halogenated alkanes) is 3. The van der Waals surface area contributed by atoms with Crippen LogP contribution in [-0.4, -0.2) is 15.3 Å². The molecule has 1 rings (SSSR count). The van der Waals surface area contributed by atoms with Gasteiger partial charge in [-0.05, 0) is 18.1 Å². The average Bonchev–Trinajstić information content (AvgIpc) is 2.34. The molecule has 0 saturated heterocycles. The highest BCUT2D eigenvalue weighted by molar-refractivity contribution is 5.39. The van der Waals surface area contributed by atoms with E-state index in [0.29, 0.717) is 17.5 Å². The number of benzene rings is 1. The maximum absolute atomic E-state index is 10.0. The molecule has 96 valence electrons. The lowest BCUT2D eigenvalue weighted by Gasteiger charge is -2.15. The Bertz CT molecular complexity index is 336. The van der Waals surface area contributed by atoms with E-state index in [0.717, 1.165) is 12.8 Å². The second kappa shape index (κ2) is 7.30. The second-order valence-electron chi connectivity index (χ2n) is 4.37. The summed E-state index contributed by atoms with van der Waals surface area (Å²) in [5, 5.41) is 28.8. The van der Waals surface area contributed by atoms with Gasteiger partial charge >= 0.3 is 0 Å². The van der Waals surface area contributed by atoms with Crippen molar-refractivity contribution in [3.63, 3.8) is 0 Å². The van der Waals surface area contributed by atoms with E-state index in [1.54, 1.807) is 12.1 Å². The molecule has 0 heterocycles. The van der Waals surface area contributed by atoms with Crippen LogP contribution in [0.5, 0.6) is 5.75 Å². The third-order valence-corrected chi connectivity index (χ3v) is 3.04. The highest BCUT2D eigenvalue weighted by Gasteiger charge is 2.14. The van der Waals surface area contributed by atoms with Gasteiger partial charge in [0, 0.05) is 5.56 Å². The van der Waals surface area contributed by atoms with Gasteiger partial charge in [0.1, 0.15) is 5.75 Å². The number of aromatic hydroxyl groups is 1. The molecule has 0 unspecified atom stereocenters. The fourth-order valence-corrected chi connectivity index (χ4v) is 2.00. The van der Waals surface area contributed by atoms with Gasteiger partial charge in [-0.15, -0.1) is 0 Å². The molecule has 0 saturated carbocycles. The van der Waals surface area contributed by atoms with E-state index in [4.69, 9.17) is 0 Å². The molecule has 0 radical (unpaired) electrons. The summed E-state index contributed by atoms with van der Waals surface area (Å²) >= 11 is 0. The van der Waals surface area contributed by atoms with Gasteiger partial charge in [0.15, 0.2) is 0 Å². The highest BCUT2D eigenvalue weighted by Crippen LogP contribution is 2.28. The van der Waals surface area contributed by atoms with Gasteiger partial charge in [0.25, 0.3) is 0 Å². The van der Waals surface area contributed by atoms with Crippen molar-refractivity contribution >= 4 is 0 Å². The lowest BCUT2D eigenvalue weighted by atomic mass is 9.97. The van der Waals surface area contributed by atoms with Crippen molar-refractivity contribution in [2.75, 3.05) is 0 Å². The molecule has 0 aliphatic carbocycles. The molecular weight excluding hydrogens is 216 g/mol. The van der Waals surface area contributed by atoms with Crippen molar-refractivity contribution in [1.29, 1.82) is 0 Å². The Hall–Kier alpha value is -1.06. The normalized spacial score (nSPS) is 12.6. The summed E-state index contributed by atoms with van der Waals surface area (Å²) in [6.07, 6.45) is 4.51. The van der Waals surface area contributed by atoms with Gasteiger partial charge in [-0.2, -0.15) is 0 Å². The molecule has 3 heteroatoms. The molecule has 3 nitrogen and oxygen atoms in total. The molecular formula is C14H22O3. The molecule has 0 aromatic heterocycles. The quantitative estimate of drug-likeness (QED) is 0.640. The summed E-state index contributed by atoms with van der Waals surface area (Å²) in [5.74, 6) is 0.0533. The standard InChI is InChI=1S/C14H22O3/c1-2-3-4-5-8-13(16)11-7-6-9-14(17)12(11)10-15/h6-7,9,13,15-17H,2-5,8,10H2,1H3/t13-/m0/s1. The molecule has 3 N–H and O–H groups in total. The summed E-state index contributed by atoms with van der Waals surface area (Å²) in [6.45, 7) is 1.91. The van der Waals surface area contributed by atoms with E-state index in [1.165, 1.54) is 18.9 Å². The van der Waals surface area contributed by atoms with Crippen LogP contribution >= 0.6 is 0 Å². The van der Waals surface area contributed by atoms with Gasteiger partial charge in [-0.1, -0.05) is 44.7 Å². The summed E-state index contributed by atoms with van der Waals surface area (Å²) < 4.78 is 0. The van der Waals surface area contributed by atoms with E-state index in [9.17, 15) is 15.3 Å². The molecule has 1 aromatic carbocycles. The topological polar surface area (TPSA) is 60.7 Å². The van der Waals surface area contributed by atoms with E-state index in [-0.39, 0.29) is 12.4 Å². The predicted molar refractivity (Wildman–Crippen MR) is 67.7 cm³/mol. The minimum absolute atomic E-state index is 0.0533. The number of aliphatic hydroxyl groups excluding tert-OH is 2. The summed E-state index contributed by atoms with van der Waals surface area (Å²) in [4.78, 5) is 0. The molecule has 0 bridgehead atoms. The van der Waals surface area contributed by atoms with Crippen LogP contribution in [-0.2, 0) is 6.61 Å². The Morgan fingerprint density at radius 3 is 2.59 bits per heavy atom. The van der Waals surface area contributed by atoms with Crippen LogP contribution in [0.15, 0.2) is 18.2 Å². The number of hydrogen-bond donors (Lipinski definition) is 3. The summed E-state index contributed by atoms with van der Waals surface area (Å²) in [7, 11) is 0. The minimum Gasteiger partial charge on any atom is -0.508 e. The van der Waals surface area contributed by atoms with E-state index >= 15 is 0 Å². The van der Waals surface area contributed by atoms with Gasteiger partial charge in [0.05, 0.1) is 12.7 Å². The van der Waals surface area contributed by atoms with Gasteiger partial charge in [0.2, 0.25) is 0 Å². The van der Waals surface area contributed by atoms with Crippen molar-refractivity contribution in [3.8, 4) is 5.75 Å². The Morgan fingerprint density at radius 2 is 1.94 bits per heavy atom. The first-order valence-electron chi connectivity index (χ1n) is 6.30. The zero-order chi connectivity index (χ0) is 12.7. The molecule has 1 atom stereocenters. The first-order chi connectivity index (χ1) is 8.20. The zero-order valence-electron chi connectivity index (χ0n) is 10.4. The predicted octanol–water partition coefficient (Wildman–Crippen LogP) is 2.89. The molecule has 17 heavy (non-hydrogen) atoms. The SMILES string of the molecule is CCCCCC[C@H](O)c1cccc(O)c1CO.